The number of anilines is 2. The van der Waals surface area contributed by atoms with Gasteiger partial charge < -0.3 is 15.4 Å². The minimum atomic E-state index is 0.267. The maximum Gasteiger partial charge on any atom is 0.141 e. The maximum absolute atomic E-state index is 9.06. The number of nitrogens with zero attached hydrogens (tertiary/aromatic N) is 2. The number of aliphatic hydroxyl groups is 1. The molecular weight excluding hydrogens is 192 g/mol. The van der Waals surface area contributed by atoms with E-state index in [1.165, 1.54) is 0 Å². The zero-order valence-electron chi connectivity index (χ0n) is 8.56. The van der Waals surface area contributed by atoms with Crippen molar-refractivity contribution in [2.24, 2.45) is 11.8 Å². The van der Waals surface area contributed by atoms with E-state index in [9.17, 15) is 0 Å². The average molecular weight is 208 g/mol. The molecule has 1 fully saturated rings. The zero-order valence-corrected chi connectivity index (χ0v) is 8.56. The van der Waals surface area contributed by atoms with Crippen LogP contribution in [0.2, 0.25) is 0 Å². The molecular formula is C10H16N4O. The Bertz CT molecular complexity index is 331. The second-order valence-corrected chi connectivity index (χ2v) is 3.83. The normalized spacial score (nSPS) is 20.7. The Morgan fingerprint density at radius 2 is 2.53 bits per heavy atom. The van der Waals surface area contributed by atoms with Gasteiger partial charge in [-0.25, -0.2) is 10.8 Å². The highest BCUT2D eigenvalue weighted by Gasteiger charge is 2.21. The van der Waals surface area contributed by atoms with Gasteiger partial charge in [0.05, 0.1) is 0 Å². The van der Waals surface area contributed by atoms with E-state index in [4.69, 9.17) is 10.9 Å². The predicted molar refractivity (Wildman–Crippen MR) is 59.5 cm³/mol. The van der Waals surface area contributed by atoms with Crippen molar-refractivity contribution < 1.29 is 5.11 Å². The van der Waals surface area contributed by atoms with Gasteiger partial charge in [-0.2, -0.15) is 0 Å². The average Bonchev–Trinajstić information content (AvgIpc) is 2.78. The Labute approximate surface area is 88.9 Å². The third-order valence-corrected chi connectivity index (χ3v) is 2.80. The molecule has 1 aromatic rings. The molecule has 5 heteroatoms. The standard InChI is InChI=1S/C10H16N4O/c11-13-10-5-9(1-3-12-10)14-4-2-8(6-14)7-15/h1,3,5,8,15H,2,4,6-7,11H2,(H,12,13). The van der Waals surface area contributed by atoms with Crippen molar-refractivity contribution in [1.29, 1.82) is 0 Å². The van der Waals surface area contributed by atoms with Gasteiger partial charge in [-0.15, -0.1) is 0 Å². The number of nitrogen functional groups attached to an aromatic ring is 1. The first kappa shape index (κ1) is 10.2. The lowest BCUT2D eigenvalue weighted by Crippen LogP contribution is -2.21. The largest absolute Gasteiger partial charge is 0.396 e. The van der Waals surface area contributed by atoms with Crippen LogP contribution in [-0.4, -0.2) is 29.8 Å². The SMILES string of the molecule is NNc1cc(N2CCC(CO)C2)ccn1. The number of aliphatic hydroxyl groups excluding tert-OH is 1. The smallest absolute Gasteiger partial charge is 0.141 e. The minimum absolute atomic E-state index is 0.267. The Hall–Kier alpha value is -1.33. The number of hydrazine groups is 1. The summed E-state index contributed by atoms with van der Waals surface area (Å²) in [5, 5.41) is 9.06. The van der Waals surface area contributed by atoms with Gasteiger partial charge >= 0.3 is 0 Å². The topological polar surface area (TPSA) is 74.4 Å². The zero-order chi connectivity index (χ0) is 10.7. The lowest BCUT2D eigenvalue weighted by molar-refractivity contribution is 0.238. The summed E-state index contributed by atoms with van der Waals surface area (Å²) in [6.45, 7) is 2.16. The summed E-state index contributed by atoms with van der Waals surface area (Å²) in [7, 11) is 0. The highest BCUT2D eigenvalue weighted by molar-refractivity contribution is 5.54. The van der Waals surface area contributed by atoms with E-state index in [1.807, 2.05) is 12.1 Å². The summed E-state index contributed by atoms with van der Waals surface area (Å²) in [6, 6.07) is 3.88. The number of hydrogen-bond donors (Lipinski definition) is 3. The summed E-state index contributed by atoms with van der Waals surface area (Å²) in [6.07, 6.45) is 2.78. The van der Waals surface area contributed by atoms with Crippen LogP contribution in [0.1, 0.15) is 6.42 Å². The molecule has 1 unspecified atom stereocenters. The van der Waals surface area contributed by atoms with Crippen molar-refractivity contribution in [3.05, 3.63) is 18.3 Å². The monoisotopic (exact) mass is 208 g/mol. The first-order valence-electron chi connectivity index (χ1n) is 5.12. The highest BCUT2D eigenvalue weighted by Crippen LogP contribution is 2.24. The van der Waals surface area contributed by atoms with E-state index in [0.29, 0.717) is 11.7 Å². The summed E-state index contributed by atoms with van der Waals surface area (Å²) in [5.41, 5.74) is 3.63. The van der Waals surface area contributed by atoms with Crippen LogP contribution >= 0.6 is 0 Å². The van der Waals surface area contributed by atoms with Gasteiger partial charge in [0.25, 0.3) is 0 Å². The number of pyridine rings is 1. The molecule has 5 nitrogen and oxygen atoms in total. The number of rotatable bonds is 3. The molecule has 2 rings (SSSR count). The number of hydrogen-bond acceptors (Lipinski definition) is 5. The quantitative estimate of drug-likeness (QED) is 0.488. The predicted octanol–water partition coefficient (Wildman–Crippen LogP) is 0.186. The van der Waals surface area contributed by atoms with Gasteiger partial charge in [0, 0.05) is 43.6 Å². The molecule has 0 aromatic carbocycles. The highest BCUT2D eigenvalue weighted by atomic mass is 16.3. The number of aromatic nitrogens is 1. The molecule has 0 radical (unpaired) electrons. The van der Waals surface area contributed by atoms with Crippen molar-refractivity contribution in [1.82, 2.24) is 4.98 Å². The fourth-order valence-corrected chi connectivity index (χ4v) is 1.91. The molecule has 0 spiro atoms. The maximum atomic E-state index is 9.06. The number of nitrogens with one attached hydrogen (secondary N) is 1. The molecule has 1 aliphatic rings. The third kappa shape index (κ3) is 2.19. The Morgan fingerprint density at radius 1 is 1.67 bits per heavy atom. The molecule has 0 saturated carbocycles. The Kier molecular flexibility index (Phi) is 3.03. The van der Waals surface area contributed by atoms with Crippen LogP contribution in [0, 0.1) is 5.92 Å². The molecule has 0 aliphatic carbocycles. The number of nitrogens with two attached hydrogens (primary N) is 1. The van der Waals surface area contributed by atoms with Crippen LogP contribution in [0.4, 0.5) is 11.5 Å². The molecule has 1 aromatic heterocycles. The van der Waals surface area contributed by atoms with E-state index < -0.39 is 0 Å². The molecule has 4 N–H and O–H groups in total. The van der Waals surface area contributed by atoms with E-state index in [1.54, 1.807) is 6.20 Å². The van der Waals surface area contributed by atoms with Gasteiger partial charge in [0.15, 0.2) is 0 Å². The van der Waals surface area contributed by atoms with Crippen molar-refractivity contribution in [3.63, 3.8) is 0 Å². The third-order valence-electron chi connectivity index (χ3n) is 2.80. The second-order valence-electron chi connectivity index (χ2n) is 3.83. The summed E-state index contributed by atoms with van der Waals surface area (Å²) < 4.78 is 0. The van der Waals surface area contributed by atoms with Crippen molar-refractivity contribution in [3.8, 4) is 0 Å². The van der Waals surface area contributed by atoms with Crippen molar-refractivity contribution >= 4 is 11.5 Å². The van der Waals surface area contributed by atoms with Gasteiger partial charge in [-0.1, -0.05) is 0 Å². The van der Waals surface area contributed by atoms with Gasteiger partial charge in [0.1, 0.15) is 5.82 Å². The van der Waals surface area contributed by atoms with Crippen LogP contribution in [0.5, 0.6) is 0 Å². The van der Waals surface area contributed by atoms with Crippen LogP contribution in [-0.2, 0) is 0 Å². The lowest BCUT2D eigenvalue weighted by atomic mass is 10.1. The summed E-state index contributed by atoms with van der Waals surface area (Å²) in [4.78, 5) is 6.30. The van der Waals surface area contributed by atoms with Crippen LogP contribution < -0.4 is 16.2 Å². The van der Waals surface area contributed by atoms with Crippen molar-refractivity contribution in [2.45, 2.75) is 6.42 Å². The molecule has 1 aliphatic heterocycles. The fraction of sp³-hybridized carbons (Fsp3) is 0.500. The Balaban J connectivity index is 2.09. The van der Waals surface area contributed by atoms with E-state index in [-0.39, 0.29) is 6.61 Å². The summed E-state index contributed by atoms with van der Waals surface area (Å²) in [5.74, 6) is 6.36. The minimum Gasteiger partial charge on any atom is -0.396 e. The van der Waals surface area contributed by atoms with Crippen molar-refractivity contribution in [2.75, 3.05) is 30.0 Å². The molecule has 2 heterocycles. The molecule has 82 valence electrons. The van der Waals surface area contributed by atoms with Crippen LogP contribution in [0.3, 0.4) is 0 Å². The van der Waals surface area contributed by atoms with Crippen LogP contribution in [0.15, 0.2) is 18.3 Å². The molecule has 0 bridgehead atoms. The van der Waals surface area contributed by atoms with E-state index >= 15 is 0 Å². The first-order valence-corrected chi connectivity index (χ1v) is 5.12. The molecule has 1 saturated heterocycles. The van der Waals surface area contributed by atoms with Gasteiger partial charge in [0.2, 0.25) is 0 Å². The molecule has 0 amide bonds. The fourth-order valence-electron chi connectivity index (χ4n) is 1.91. The molecule has 15 heavy (non-hydrogen) atoms. The van der Waals surface area contributed by atoms with E-state index in [0.717, 1.165) is 25.2 Å². The first-order chi connectivity index (χ1) is 7.33. The van der Waals surface area contributed by atoms with Gasteiger partial charge in [-0.3, -0.25) is 0 Å². The van der Waals surface area contributed by atoms with E-state index in [2.05, 4.69) is 15.3 Å². The summed E-state index contributed by atoms with van der Waals surface area (Å²) >= 11 is 0. The Morgan fingerprint density at radius 3 is 3.20 bits per heavy atom. The molecule has 1 atom stereocenters. The lowest BCUT2D eigenvalue weighted by Gasteiger charge is -2.18. The van der Waals surface area contributed by atoms with Crippen LogP contribution in [0.25, 0.3) is 0 Å². The second kappa shape index (κ2) is 4.46. The van der Waals surface area contributed by atoms with Gasteiger partial charge in [-0.05, 0) is 12.5 Å².